The van der Waals surface area contributed by atoms with Crippen LogP contribution < -0.4 is 20.7 Å². The van der Waals surface area contributed by atoms with E-state index in [-0.39, 0.29) is 18.8 Å². The Hall–Kier alpha value is -3.05. The SMILES string of the molecule is CO[C@@H]1C(CO)O[C@@H](O[C@H](C(O)CO[C@@H]2O[C@@H](C)[C@@H](O)C(O)C2O)[C@H](O)C(CNc2ccccc2OC=O)NC(C)=O)C(NC(C)=O)[C@H]1O. The molecular weight excluding hydrogens is 658 g/mol. The Morgan fingerprint density at radius 1 is 0.980 bits per heavy atom. The van der Waals surface area contributed by atoms with Crippen molar-refractivity contribution in [2.24, 2.45) is 0 Å². The summed E-state index contributed by atoms with van der Waals surface area (Å²) in [7, 11) is 1.25. The quantitative estimate of drug-likeness (QED) is 0.0686. The number of anilines is 1. The van der Waals surface area contributed by atoms with Gasteiger partial charge in [-0.05, 0) is 19.1 Å². The molecule has 278 valence electrons. The highest BCUT2D eigenvalue weighted by molar-refractivity contribution is 5.73. The van der Waals surface area contributed by atoms with Crippen LogP contribution in [0.5, 0.6) is 5.75 Å². The minimum atomic E-state index is -1.83. The van der Waals surface area contributed by atoms with E-state index in [2.05, 4.69) is 16.0 Å². The molecule has 2 fully saturated rings. The van der Waals surface area contributed by atoms with Gasteiger partial charge in [0.15, 0.2) is 18.3 Å². The van der Waals surface area contributed by atoms with Crippen molar-refractivity contribution in [3.8, 4) is 5.75 Å². The van der Waals surface area contributed by atoms with Crippen molar-refractivity contribution in [2.45, 2.75) is 106 Å². The number of aliphatic hydroxyl groups excluding tert-OH is 7. The molecule has 3 rings (SSSR count). The molecule has 2 heterocycles. The van der Waals surface area contributed by atoms with Crippen LogP contribution in [0, 0.1) is 0 Å². The lowest BCUT2D eigenvalue weighted by Crippen LogP contribution is -2.67. The van der Waals surface area contributed by atoms with Crippen molar-refractivity contribution in [1.29, 1.82) is 0 Å². The van der Waals surface area contributed by atoms with Gasteiger partial charge >= 0.3 is 0 Å². The van der Waals surface area contributed by atoms with Gasteiger partial charge < -0.3 is 80.1 Å². The van der Waals surface area contributed by atoms with Crippen LogP contribution in [0.2, 0.25) is 0 Å². The summed E-state index contributed by atoms with van der Waals surface area (Å²) >= 11 is 0. The highest BCUT2D eigenvalue weighted by Gasteiger charge is 2.49. The van der Waals surface area contributed by atoms with Crippen LogP contribution >= 0.6 is 0 Å². The fourth-order valence-electron chi connectivity index (χ4n) is 5.59. The number of para-hydroxylation sites is 2. The van der Waals surface area contributed by atoms with E-state index >= 15 is 0 Å². The third-order valence-corrected chi connectivity index (χ3v) is 8.12. The number of rotatable bonds is 17. The molecule has 0 saturated carbocycles. The summed E-state index contributed by atoms with van der Waals surface area (Å²) in [6, 6.07) is 3.67. The summed E-state index contributed by atoms with van der Waals surface area (Å²) < 4.78 is 33.0. The van der Waals surface area contributed by atoms with Gasteiger partial charge in [0.05, 0.1) is 31.0 Å². The second kappa shape index (κ2) is 18.8. The number of methoxy groups -OCH3 is 1. The van der Waals surface area contributed by atoms with Crippen molar-refractivity contribution in [3.63, 3.8) is 0 Å². The van der Waals surface area contributed by atoms with Crippen molar-refractivity contribution >= 4 is 24.0 Å². The van der Waals surface area contributed by atoms with E-state index in [1.165, 1.54) is 27.0 Å². The molecule has 0 radical (unpaired) electrons. The van der Waals surface area contributed by atoms with Crippen LogP contribution in [0.25, 0.3) is 0 Å². The van der Waals surface area contributed by atoms with E-state index in [0.29, 0.717) is 5.69 Å². The van der Waals surface area contributed by atoms with Gasteiger partial charge in [0, 0.05) is 27.5 Å². The molecule has 2 aliphatic heterocycles. The van der Waals surface area contributed by atoms with Crippen molar-refractivity contribution in [2.75, 3.05) is 32.2 Å². The predicted molar refractivity (Wildman–Crippen MR) is 165 cm³/mol. The highest BCUT2D eigenvalue weighted by atomic mass is 16.7. The van der Waals surface area contributed by atoms with E-state index in [0.717, 1.165) is 6.92 Å². The standard InChI is InChI=1S/C30H47N3O16/c1-13-22(39)25(42)26(43)30(47-13)45-11-18(38)27(49-29-21(33-15(3)37)24(41)28(44-4)20(10-34)48-29)23(40)17(32-14(2)36)9-31-16-7-5-6-8-19(16)46-12-35/h5-8,12-13,17-18,20-31,34,38-43H,9-11H2,1-4H3,(H,32,36)(H,33,37)/t13-,17?,18?,20?,21?,22+,23+,24+,25?,26?,27+,28+,29-,30+/m0/s1. The Morgan fingerprint density at radius 2 is 1.67 bits per heavy atom. The van der Waals surface area contributed by atoms with Crippen LogP contribution in [0.1, 0.15) is 20.8 Å². The lowest BCUT2D eigenvalue weighted by molar-refractivity contribution is -0.315. The van der Waals surface area contributed by atoms with Crippen LogP contribution in [-0.4, -0.2) is 167 Å². The molecular formula is C30H47N3O16. The van der Waals surface area contributed by atoms with Crippen molar-refractivity contribution in [3.05, 3.63) is 24.3 Å². The maximum absolute atomic E-state index is 12.3. The second-order valence-corrected chi connectivity index (χ2v) is 11.7. The molecule has 0 aromatic heterocycles. The van der Waals surface area contributed by atoms with E-state index < -0.39 is 111 Å². The monoisotopic (exact) mass is 705 g/mol. The van der Waals surface area contributed by atoms with Gasteiger partial charge in [-0.2, -0.15) is 0 Å². The van der Waals surface area contributed by atoms with Crippen LogP contribution in [0.3, 0.4) is 0 Å². The number of carbonyl (C=O) groups excluding carboxylic acids is 3. The second-order valence-electron chi connectivity index (χ2n) is 11.7. The first-order chi connectivity index (χ1) is 23.2. The highest BCUT2D eigenvalue weighted by Crippen LogP contribution is 2.28. The molecule has 19 nitrogen and oxygen atoms in total. The Labute approximate surface area is 282 Å². The number of hydrogen-bond acceptors (Lipinski definition) is 17. The van der Waals surface area contributed by atoms with Gasteiger partial charge in [-0.15, -0.1) is 0 Å². The maximum atomic E-state index is 12.3. The molecule has 6 unspecified atom stereocenters. The lowest BCUT2D eigenvalue weighted by Gasteiger charge is -2.45. The molecule has 2 saturated heterocycles. The lowest BCUT2D eigenvalue weighted by atomic mass is 9.95. The molecule has 49 heavy (non-hydrogen) atoms. The number of nitrogens with one attached hydrogen (secondary N) is 3. The number of hydrogen-bond donors (Lipinski definition) is 10. The van der Waals surface area contributed by atoms with Crippen molar-refractivity contribution < 1.29 is 78.6 Å². The fourth-order valence-corrected chi connectivity index (χ4v) is 5.59. The van der Waals surface area contributed by atoms with Crippen LogP contribution in [0.4, 0.5) is 5.69 Å². The normalized spacial score (nSPS) is 32.6. The van der Waals surface area contributed by atoms with Crippen LogP contribution in [-0.2, 0) is 38.1 Å². The van der Waals surface area contributed by atoms with Gasteiger partial charge in [-0.1, -0.05) is 12.1 Å². The van der Waals surface area contributed by atoms with E-state index in [1.807, 2.05) is 0 Å². The first-order valence-corrected chi connectivity index (χ1v) is 15.5. The summed E-state index contributed by atoms with van der Waals surface area (Å²) in [6.07, 6.45) is -18.2. The summed E-state index contributed by atoms with van der Waals surface area (Å²) in [6.45, 7) is 2.32. The Balaban J connectivity index is 1.94. The van der Waals surface area contributed by atoms with E-state index in [4.69, 9.17) is 28.4 Å². The maximum Gasteiger partial charge on any atom is 0.298 e. The molecule has 1 aromatic carbocycles. The largest absolute Gasteiger partial charge is 0.427 e. The predicted octanol–water partition coefficient (Wildman–Crippen LogP) is -4.31. The third kappa shape index (κ3) is 10.5. The summed E-state index contributed by atoms with van der Waals surface area (Å²) in [4.78, 5) is 35.4. The van der Waals surface area contributed by atoms with E-state index in [9.17, 15) is 50.1 Å². The van der Waals surface area contributed by atoms with Gasteiger partial charge in [-0.25, -0.2) is 0 Å². The number of carbonyl (C=O) groups is 3. The molecule has 1 aromatic rings. The average molecular weight is 706 g/mol. The number of amides is 2. The Bertz CT molecular complexity index is 1210. The van der Waals surface area contributed by atoms with Crippen molar-refractivity contribution in [1.82, 2.24) is 10.6 Å². The molecule has 10 N–H and O–H groups in total. The zero-order chi connectivity index (χ0) is 36.4. The minimum absolute atomic E-state index is 0.132. The number of aliphatic hydroxyl groups is 7. The Morgan fingerprint density at radius 3 is 2.29 bits per heavy atom. The molecule has 0 aliphatic carbocycles. The molecule has 19 heteroatoms. The summed E-state index contributed by atoms with van der Waals surface area (Å²) in [5, 5.41) is 82.7. The number of ether oxygens (including phenoxy) is 6. The minimum Gasteiger partial charge on any atom is -0.427 e. The van der Waals surface area contributed by atoms with Gasteiger partial charge in [0.1, 0.15) is 61.0 Å². The van der Waals surface area contributed by atoms with E-state index in [1.54, 1.807) is 18.2 Å². The Kier molecular flexibility index (Phi) is 15.5. The molecule has 0 bridgehead atoms. The van der Waals surface area contributed by atoms with Gasteiger partial charge in [0.2, 0.25) is 11.8 Å². The molecule has 2 aliphatic rings. The third-order valence-electron chi connectivity index (χ3n) is 8.12. The topological polar surface area (TPSA) is 284 Å². The summed E-state index contributed by atoms with van der Waals surface area (Å²) in [5.41, 5.74) is 0.303. The fraction of sp³-hybridized carbons (Fsp3) is 0.700. The van der Waals surface area contributed by atoms with Crippen LogP contribution in [0.15, 0.2) is 24.3 Å². The molecule has 0 spiro atoms. The molecule has 14 atom stereocenters. The summed E-state index contributed by atoms with van der Waals surface area (Å²) in [5.74, 6) is -1.08. The molecule has 2 amide bonds. The average Bonchev–Trinajstić information content (AvgIpc) is 3.06. The zero-order valence-corrected chi connectivity index (χ0v) is 27.4. The van der Waals surface area contributed by atoms with Gasteiger partial charge in [0.25, 0.3) is 6.47 Å². The first kappa shape index (κ1) is 40.4. The number of benzene rings is 1. The first-order valence-electron chi connectivity index (χ1n) is 15.5. The zero-order valence-electron chi connectivity index (χ0n) is 27.4. The van der Waals surface area contributed by atoms with Gasteiger partial charge in [-0.3, -0.25) is 14.4 Å². The smallest absolute Gasteiger partial charge is 0.298 e.